The molecule has 0 saturated heterocycles. The van der Waals surface area contributed by atoms with Crippen LogP contribution in [-0.4, -0.2) is 13.1 Å². The van der Waals surface area contributed by atoms with Crippen LogP contribution in [0.1, 0.15) is 43.2 Å². The molecular formula is C16H21N. The summed E-state index contributed by atoms with van der Waals surface area (Å²) in [6, 6.07) is 8.90. The van der Waals surface area contributed by atoms with Crippen molar-refractivity contribution in [2.75, 3.05) is 13.1 Å². The van der Waals surface area contributed by atoms with E-state index < -0.39 is 0 Å². The summed E-state index contributed by atoms with van der Waals surface area (Å²) < 4.78 is 0. The highest BCUT2D eigenvalue weighted by molar-refractivity contribution is 5.32. The second-order valence-electron chi connectivity index (χ2n) is 4.67. The summed E-state index contributed by atoms with van der Waals surface area (Å²) in [4.78, 5) is 0. The van der Waals surface area contributed by atoms with Gasteiger partial charge in [0.1, 0.15) is 0 Å². The van der Waals surface area contributed by atoms with E-state index in [1.165, 1.54) is 19.3 Å². The van der Waals surface area contributed by atoms with Crippen LogP contribution in [0.2, 0.25) is 0 Å². The first-order valence-electron chi connectivity index (χ1n) is 6.60. The Morgan fingerprint density at radius 3 is 3.12 bits per heavy atom. The zero-order chi connectivity index (χ0) is 11.9. The normalized spacial score (nSPS) is 18.1. The van der Waals surface area contributed by atoms with E-state index in [0.717, 1.165) is 19.5 Å². The Bertz CT molecular complexity index is 411. The smallest absolute Gasteiger partial charge is 0.0214 e. The third kappa shape index (κ3) is 3.35. The van der Waals surface area contributed by atoms with Crippen molar-refractivity contribution in [2.45, 2.75) is 38.5 Å². The molecule has 0 fully saturated rings. The Hall–Kier alpha value is -1.26. The summed E-state index contributed by atoms with van der Waals surface area (Å²) >= 11 is 0. The van der Waals surface area contributed by atoms with Crippen LogP contribution in [0.4, 0.5) is 0 Å². The topological polar surface area (TPSA) is 12.0 Å². The van der Waals surface area contributed by atoms with Gasteiger partial charge in [0.05, 0.1) is 0 Å². The third-order valence-electron chi connectivity index (χ3n) is 3.49. The molecule has 1 heteroatoms. The average Bonchev–Trinajstić information content (AvgIpc) is 2.39. The highest BCUT2D eigenvalue weighted by atomic mass is 14.9. The summed E-state index contributed by atoms with van der Waals surface area (Å²) in [6.45, 7) is 4.01. The molecule has 1 aliphatic rings. The molecule has 1 unspecified atom stereocenters. The van der Waals surface area contributed by atoms with Crippen LogP contribution >= 0.6 is 0 Å². The third-order valence-corrected chi connectivity index (χ3v) is 3.49. The lowest BCUT2D eigenvalue weighted by Gasteiger charge is -2.25. The maximum Gasteiger partial charge on any atom is 0.0214 e. The number of benzene rings is 1. The second-order valence-corrected chi connectivity index (χ2v) is 4.67. The van der Waals surface area contributed by atoms with E-state index in [-0.39, 0.29) is 0 Å². The molecule has 0 spiro atoms. The van der Waals surface area contributed by atoms with E-state index in [1.54, 1.807) is 11.1 Å². The van der Waals surface area contributed by atoms with Crippen molar-refractivity contribution < 1.29 is 0 Å². The first-order valence-corrected chi connectivity index (χ1v) is 6.60. The fraction of sp³-hybridized carbons (Fsp3) is 0.500. The van der Waals surface area contributed by atoms with Gasteiger partial charge in [0.2, 0.25) is 0 Å². The van der Waals surface area contributed by atoms with Gasteiger partial charge >= 0.3 is 0 Å². The summed E-state index contributed by atoms with van der Waals surface area (Å²) in [5.41, 5.74) is 3.12. The van der Waals surface area contributed by atoms with Gasteiger partial charge < -0.3 is 5.32 Å². The lowest BCUT2D eigenvalue weighted by molar-refractivity contribution is 0.511. The molecular weight excluding hydrogens is 206 g/mol. The Morgan fingerprint density at radius 1 is 1.35 bits per heavy atom. The molecule has 1 aromatic rings. The number of hydrogen-bond donors (Lipinski definition) is 1. The van der Waals surface area contributed by atoms with Gasteiger partial charge in [-0.25, -0.2) is 0 Å². The average molecular weight is 227 g/mol. The van der Waals surface area contributed by atoms with Gasteiger partial charge in [0.15, 0.2) is 0 Å². The van der Waals surface area contributed by atoms with Gasteiger partial charge in [-0.05, 0) is 43.2 Å². The quantitative estimate of drug-likeness (QED) is 0.615. The van der Waals surface area contributed by atoms with Crippen LogP contribution in [0, 0.1) is 11.8 Å². The lowest BCUT2D eigenvalue weighted by Crippen LogP contribution is -2.25. The first kappa shape index (κ1) is 12.2. The van der Waals surface area contributed by atoms with Gasteiger partial charge in [-0.2, -0.15) is 0 Å². The van der Waals surface area contributed by atoms with Gasteiger partial charge in [-0.3, -0.25) is 0 Å². The maximum atomic E-state index is 3.53. The fourth-order valence-corrected chi connectivity index (χ4v) is 2.62. The molecule has 1 aromatic carbocycles. The Balaban J connectivity index is 1.87. The molecule has 1 N–H and O–H groups in total. The zero-order valence-electron chi connectivity index (χ0n) is 10.6. The monoisotopic (exact) mass is 227 g/mol. The number of aryl methyl sites for hydroxylation is 1. The molecule has 17 heavy (non-hydrogen) atoms. The molecule has 0 heterocycles. The summed E-state index contributed by atoms with van der Waals surface area (Å²) in [5.74, 6) is 6.73. The van der Waals surface area contributed by atoms with Crippen molar-refractivity contribution in [3.05, 3.63) is 35.4 Å². The van der Waals surface area contributed by atoms with Gasteiger partial charge in [0, 0.05) is 19.5 Å². The minimum atomic E-state index is 0.703. The standard InChI is InChI=1S/C16H21N/c1-2-3-6-12-17-13-15-10-7-9-14-8-4-5-11-16(14)15/h4-5,8,11,15,17H,6-7,9-10,12-13H2,1H3. The van der Waals surface area contributed by atoms with Crippen molar-refractivity contribution in [1.29, 1.82) is 0 Å². The lowest BCUT2D eigenvalue weighted by atomic mass is 9.83. The van der Waals surface area contributed by atoms with Crippen LogP contribution < -0.4 is 5.32 Å². The number of rotatable bonds is 4. The molecule has 1 nitrogen and oxygen atoms in total. The molecule has 0 saturated carbocycles. The van der Waals surface area contributed by atoms with Crippen molar-refractivity contribution in [1.82, 2.24) is 5.32 Å². The van der Waals surface area contributed by atoms with Crippen LogP contribution in [0.25, 0.3) is 0 Å². The Morgan fingerprint density at radius 2 is 2.24 bits per heavy atom. The van der Waals surface area contributed by atoms with Crippen LogP contribution in [-0.2, 0) is 6.42 Å². The number of nitrogens with one attached hydrogen (secondary N) is 1. The van der Waals surface area contributed by atoms with Crippen molar-refractivity contribution in [3.63, 3.8) is 0 Å². The van der Waals surface area contributed by atoms with E-state index in [1.807, 2.05) is 6.92 Å². The first-order chi connectivity index (χ1) is 8.42. The Labute approximate surface area is 105 Å². The molecule has 0 amide bonds. The highest BCUT2D eigenvalue weighted by Gasteiger charge is 2.18. The van der Waals surface area contributed by atoms with Gasteiger partial charge in [-0.1, -0.05) is 24.3 Å². The van der Waals surface area contributed by atoms with Crippen LogP contribution in [0.5, 0.6) is 0 Å². The minimum absolute atomic E-state index is 0.703. The van der Waals surface area contributed by atoms with Crippen molar-refractivity contribution in [3.8, 4) is 11.8 Å². The van der Waals surface area contributed by atoms with E-state index in [9.17, 15) is 0 Å². The largest absolute Gasteiger partial charge is 0.315 e. The predicted octanol–water partition coefficient (Wildman–Crippen LogP) is 3.11. The summed E-state index contributed by atoms with van der Waals surface area (Å²) in [7, 11) is 0. The van der Waals surface area contributed by atoms with Crippen molar-refractivity contribution >= 4 is 0 Å². The molecule has 2 rings (SSSR count). The molecule has 0 bridgehead atoms. The van der Waals surface area contributed by atoms with Gasteiger partial charge in [0.25, 0.3) is 0 Å². The molecule has 1 aliphatic carbocycles. The zero-order valence-corrected chi connectivity index (χ0v) is 10.6. The SMILES string of the molecule is CC#CCCNCC1CCCc2ccccc21. The summed E-state index contributed by atoms with van der Waals surface area (Å²) in [6.07, 6.45) is 4.88. The highest BCUT2D eigenvalue weighted by Crippen LogP contribution is 2.30. The Kier molecular flexibility index (Phi) is 4.64. The van der Waals surface area contributed by atoms with E-state index >= 15 is 0 Å². The van der Waals surface area contributed by atoms with Gasteiger partial charge in [-0.15, -0.1) is 11.8 Å². The van der Waals surface area contributed by atoms with E-state index in [0.29, 0.717) is 5.92 Å². The second kappa shape index (κ2) is 6.47. The molecule has 1 atom stereocenters. The molecule has 90 valence electrons. The van der Waals surface area contributed by atoms with E-state index in [2.05, 4.69) is 41.4 Å². The number of hydrogen-bond acceptors (Lipinski definition) is 1. The van der Waals surface area contributed by atoms with Crippen molar-refractivity contribution in [2.24, 2.45) is 0 Å². The molecule has 0 aliphatic heterocycles. The minimum Gasteiger partial charge on any atom is -0.315 e. The fourth-order valence-electron chi connectivity index (χ4n) is 2.62. The number of fused-ring (bicyclic) bond motifs is 1. The van der Waals surface area contributed by atoms with Crippen LogP contribution in [0.3, 0.4) is 0 Å². The molecule has 0 aromatic heterocycles. The van der Waals surface area contributed by atoms with Crippen LogP contribution in [0.15, 0.2) is 24.3 Å². The maximum absolute atomic E-state index is 3.53. The van der Waals surface area contributed by atoms with E-state index in [4.69, 9.17) is 0 Å². The summed E-state index contributed by atoms with van der Waals surface area (Å²) in [5, 5.41) is 3.53. The molecule has 0 radical (unpaired) electrons. The predicted molar refractivity (Wildman–Crippen MR) is 73.1 cm³/mol.